The summed E-state index contributed by atoms with van der Waals surface area (Å²) in [7, 11) is 1.57. The molecule has 1 amide bonds. The summed E-state index contributed by atoms with van der Waals surface area (Å²) >= 11 is 1.50. The molecular weight excluding hydrogens is 510 g/mol. The Morgan fingerprint density at radius 2 is 1.69 bits per heavy atom. The summed E-state index contributed by atoms with van der Waals surface area (Å²) in [6.45, 7) is 3.88. The third-order valence-corrected chi connectivity index (χ3v) is 8.41. The van der Waals surface area contributed by atoms with E-state index in [1.54, 1.807) is 7.11 Å². The van der Waals surface area contributed by atoms with Crippen molar-refractivity contribution < 1.29 is 19.1 Å². The number of carbonyl (C=O) groups excluding carboxylic acids is 2. The predicted molar refractivity (Wildman–Crippen MR) is 154 cm³/mol. The number of hydrogen-bond donors (Lipinski definition) is 0. The number of nitrogens with zero attached hydrogens (tertiary/aromatic N) is 3. The van der Waals surface area contributed by atoms with E-state index in [0.29, 0.717) is 23.8 Å². The molecule has 7 nitrogen and oxygen atoms in total. The van der Waals surface area contributed by atoms with Gasteiger partial charge in [-0.05, 0) is 48.6 Å². The summed E-state index contributed by atoms with van der Waals surface area (Å²) in [5.41, 5.74) is 4.29. The van der Waals surface area contributed by atoms with Crippen molar-refractivity contribution in [3.63, 3.8) is 0 Å². The standard InChI is InChI=1S/C31H35N3O4S/c1-22-28(30(36)38-18-17-37-2)29(25-11-7-4-8-12-25)34-26(21-39-31(34)32-22)20-27(35)33-15-13-24(14-16-33)19-23-9-5-3-6-10-23/h3-12,21,24,29H,13-20H2,1-2H3/t29-/m0/s1. The highest BCUT2D eigenvalue weighted by atomic mass is 32.2. The van der Waals surface area contributed by atoms with Crippen LogP contribution >= 0.6 is 11.8 Å². The van der Waals surface area contributed by atoms with Gasteiger partial charge in [-0.1, -0.05) is 72.4 Å². The minimum absolute atomic E-state index is 0.114. The number of fused-ring (bicyclic) bond motifs is 1. The third kappa shape index (κ3) is 6.28. The van der Waals surface area contributed by atoms with E-state index < -0.39 is 12.0 Å². The molecular formula is C31H35N3O4S. The Morgan fingerprint density at radius 3 is 2.38 bits per heavy atom. The molecule has 5 rings (SSSR count). The number of aliphatic imine (C=N–C) groups is 1. The summed E-state index contributed by atoms with van der Waals surface area (Å²) in [5.74, 6) is 0.300. The molecule has 8 heteroatoms. The lowest BCUT2D eigenvalue weighted by Gasteiger charge is -2.37. The first-order chi connectivity index (χ1) is 19.0. The second-order valence-corrected chi connectivity index (χ2v) is 11.0. The van der Waals surface area contributed by atoms with Crippen LogP contribution in [0.2, 0.25) is 0 Å². The van der Waals surface area contributed by atoms with Gasteiger partial charge in [0.05, 0.1) is 30.3 Å². The van der Waals surface area contributed by atoms with Gasteiger partial charge in [-0.2, -0.15) is 0 Å². The number of esters is 1. The van der Waals surface area contributed by atoms with Crippen LogP contribution in [0.3, 0.4) is 0 Å². The quantitative estimate of drug-likeness (QED) is 0.314. The molecule has 3 aliphatic rings. The minimum atomic E-state index is -0.417. The predicted octanol–water partition coefficient (Wildman–Crippen LogP) is 5.32. The molecule has 0 aliphatic carbocycles. The number of allylic oxidation sites excluding steroid dienone is 1. The minimum Gasteiger partial charge on any atom is -0.460 e. The van der Waals surface area contributed by atoms with E-state index in [1.165, 1.54) is 17.3 Å². The van der Waals surface area contributed by atoms with Crippen molar-refractivity contribution in [1.82, 2.24) is 9.80 Å². The number of amidine groups is 1. The van der Waals surface area contributed by atoms with Crippen LogP contribution in [0, 0.1) is 5.92 Å². The van der Waals surface area contributed by atoms with E-state index >= 15 is 0 Å². The molecule has 0 N–H and O–H groups in total. The average molecular weight is 546 g/mol. The van der Waals surface area contributed by atoms with Crippen LogP contribution in [0.15, 0.2) is 88.0 Å². The smallest absolute Gasteiger partial charge is 0.338 e. The molecule has 39 heavy (non-hydrogen) atoms. The molecule has 3 heterocycles. The highest BCUT2D eigenvalue weighted by molar-refractivity contribution is 8.16. The van der Waals surface area contributed by atoms with Crippen LogP contribution in [0.25, 0.3) is 0 Å². The van der Waals surface area contributed by atoms with Crippen LogP contribution in [-0.4, -0.2) is 60.3 Å². The Labute approximate surface area is 234 Å². The number of likely N-dealkylation sites (tertiary alicyclic amines) is 1. The number of benzene rings is 2. The van der Waals surface area contributed by atoms with Crippen LogP contribution < -0.4 is 0 Å². The molecule has 204 valence electrons. The van der Waals surface area contributed by atoms with Crippen molar-refractivity contribution in [3.05, 3.63) is 94.2 Å². The zero-order chi connectivity index (χ0) is 27.2. The van der Waals surface area contributed by atoms with E-state index in [-0.39, 0.29) is 18.9 Å². The SMILES string of the molecule is COCCOC(=O)C1=C(C)N=C2SC=C(CC(=O)N3CCC(Cc4ccccc4)CC3)N2[C@H]1c1ccccc1. The first kappa shape index (κ1) is 27.2. The Bertz CT molecular complexity index is 1270. The molecule has 0 unspecified atom stereocenters. The molecule has 2 aromatic rings. The normalized spacial score (nSPS) is 19.5. The summed E-state index contributed by atoms with van der Waals surface area (Å²) in [5, 5.41) is 2.78. The van der Waals surface area contributed by atoms with Gasteiger partial charge in [0, 0.05) is 25.9 Å². The van der Waals surface area contributed by atoms with Crippen molar-refractivity contribution >= 4 is 28.8 Å². The van der Waals surface area contributed by atoms with Gasteiger partial charge in [0.25, 0.3) is 0 Å². The van der Waals surface area contributed by atoms with Gasteiger partial charge in [0.15, 0.2) is 5.17 Å². The summed E-state index contributed by atoms with van der Waals surface area (Å²) in [6.07, 6.45) is 3.35. The Kier molecular flexibility index (Phi) is 8.84. The van der Waals surface area contributed by atoms with Crippen LogP contribution in [0.4, 0.5) is 0 Å². The molecule has 0 saturated carbocycles. The number of rotatable bonds is 9. The molecule has 0 aromatic heterocycles. The molecule has 2 aromatic carbocycles. The highest BCUT2D eigenvalue weighted by Crippen LogP contribution is 2.45. The number of thioether (sulfide) groups is 1. The number of hydrogen-bond acceptors (Lipinski definition) is 7. The summed E-state index contributed by atoms with van der Waals surface area (Å²) < 4.78 is 10.6. The van der Waals surface area contributed by atoms with Crippen molar-refractivity contribution in [3.8, 4) is 0 Å². The Balaban J connectivity index is 1.29. The van der Waals surface area contributed by atoms with Gasteiger partial charge in [0.2, 0.25) is 5.91 Å². The molecule has 0 bridgehead atoms. The lowest BCUT2D eigenvalue weighted by atomic mass is 9.90. The van der Waals surface area contributed by atoms with Gasteiger partial charge in [-0.3, -0.25) is 4.79 Å². The maximum atomic E-state index is 13.5. The van der Waals surface area contributed by atoms with E-state index in [0.717, 1.165) is 48.8 Å². The Hall–Kier alpha value is -3.36. The summed E-state index contributed by atoms with van der Waals surface area (Å²) in [6, 6.07) is 20.0. The third-order valence-electron chi connectivity index (χ3n) is 7.52. The topological polar surface area (TPSA) is 71.4 Å². The molecule has 1 atom stereocenters. The lowest BCUT2D eigenvalue weighted by Crippen LogP contribution is -2.41. The molecule has 1 fully saturated rings. The van der Waals surface area contributed by atoms with Crippen molar-refractivity contribution in [2.75, 3.05) is 33.4 Å². The maximum Gasteiger partial charge on any atom is 0.338 e. The molecule has 1 saturated heterocycles. The fourth-order valence-electron chi connectivity index (χ4n) is 5.48. The zero-order valence-corrected chi connectivity index (χ0v) is 23.4. The Morgan fingerprint density at radius 1 is 1.00 bits per heavy atom. The van der Waals surface area contributed by atoms with Crippen LogP contribution in [-0.2, 0) is 25.5 Å². The first-order valence-electron chi connectivity index (χ1n) is 13.5. The number of piperidine rings is 1. The molecule has 0 radical (unpaired) electrons. The van der Waals surface area contributed by atoms with Gasteiger partial charge in [0.1, 0.15) is 6.61 Å². The maximum absolute atomic E-state index is 13.5. The van der Waals surface area contributed by atoms with Gasteiger partial charge in [-0.15, -0.1) is 0 Å². The van der Waals surface area contributed by atoms with Crippen molar-refractivity contribution in [2.24, 2.45) is 10.9 Å². The van der Waals surface area contributed by atoms with E-state index in [1.807, 2.05) is 58.5 Å². The van der Waals surface area contributed by atoms with Crippen LogP contribution in [0.5, 0.6) is 0 Å². The van der Waals surface area contributed by atoms with Gasteiger partial charge < -0.3 is 19.3 Å². The number of ether oxygens (including phenoxy) is 2. The monoisotopic (exact) mass is 545 g/mol. The van der Waals surface area contributed by atoms with Crippen molar-refractivity contribution in [2.45, 2.75) is 38.6 Å². The second kappa shape index (κ2) is 12.7. The van der Waals surface area contributed by atoms with Gasteiger partial charge >= 0.3 is 5.97 Å². The van der Waals surface area contributed by atoms with E-state index in [9.17, 15) is 9.59 Å². The van der Waals surface area contributed by atoms with Gasteiger partial charge in [-0.25, -0.2) is 9.79 Å². The van der Waals surface area contributed by atoms with E-state index in [2.05, 4.69) is 24.3 Å². The summed E-state index contributed by atoms with van der Waals surface area (Å²) in [4.78, 5) is 35.5. The van der Waals surface area contributed by atoms with E-state index in [4.69, 9.17) is 14.5 Å². The van der Waals surface area contributed by atoms with Crippen molar-refractivity contribution in [1.29, 1.82) is 0 Å². The highest BCUT2D eigenvalue weighted by Gasteiger charge is 2.41. The largest absolute Gasteiger partial charge is 0.460 e. The lowest BCUT2D eigenvalue weighted by molar-refractivity contribution is -0.141. The zero-order valence-electron chi connectivity index (χ0n) is 22.5. The molecule has 3 aliphatic heterocycles. The second-order valence-electron chi connectivity index (χ2n) is 10.1. The average Bonchev–Trinajstić information content (AvgIpc) is 3.35. The first-order valence-corrected chi connectivity index (χ1v) is 14.4. The molecule has 0 spiro atoms. The number of methoxy groups -OCH3 is 1. The fourth-order valence-corrected chi connectivity index (χ4v) is 6.44. The fraction of sp³-hybridized carbons (Fsp3) is 0.387. The van der Waals surface area contributed by atoms with Crippen LogP contribution in [0.1, 0.15) is 43.4 Å². The number of amides is 1. The number of carbonyl (C=O) groups is 2.